The van der Waals surface area contributed by atoms with E-state index in [1.807, 2.05) is 0 Å². The van der Waals surface area contributed by atoms with Crippen molar-refractivity contribution >= 4 is 21.6 Å². The zero-order valence-corrected chi connectivity index (χ0v) is 13.1. The van der Waals surface area contributed by atoms with Crippen LogP contribution in [0.1, 0.15) is 19.4 Å². The van der Waals surface area contributed by atoms with Gasteiger partial charge in [0, 0.05) is 17.6 Å². The zero-order chi connectivity index (χ0) is 16.4. The molecule has 0 aliphatic rings. The van der Waals surface area contributed by atoms with Gasteiger partial charge >= 0.3 is 6.18 Å². The van der Waals surface area contributed by atoms with Crippen molar-refractivity contribution in [3.63, 3.8) is 0 Å². The highest BCUT2D eigenvalue weighted by Crippen LogP contribution is 2.27. The molecule has 0 fully saturated rings. The van der Waals surface area contributed by atoms with Crippen LogP contribution in [0.3, 0.4) is 0 Å². The average Bonchev–Trinajstić information content (AvgIpc) is 2.34. The zero-order valence-electron chi connectivity index (χ0n) is 11.5. The van der Waals surface area contributed by atoms with Crippen molar-refractivity contribution in [2.24, 2.45) is 5.73 Å². The SMILES string of the molecule is CC(C)N(CC(F)(F)F)S(=O)(=O)c1ccc(CN)c(Cl)c1. The Kier molecular flexibility index (Phi) is 5.65. The van der Waals surface area contributed by atoms with Crippen LogP contribution in [-0.4, -0.2) is 31.5 Å². The van der Waals surface area contributed by atoms with Crippen molar-refractivity contribution in [3.05, 3.63) is 28.8 Å². The highest BCUT2D eigenvalue weighted by atomic mass is 35.5. The van der Waals surface area contributed by atoms with Crippen LogP contribution in [0.15, 0.2) is 23.1 Å². The van der Waals surface area contributed by atoms with Crippen LogP contribution < -0.4 is 5.73 Å². The van der Waals surface area contributed by atoms with E-state index in [0.29, 0.717) is 9.87 Å². The summed E-state index contributed by atoms with van der Waals surface area (Å²) in [5.74, 6) is 0. The molecule has 0 spiro atoms. The van der Waals surface area contributed by atoms with Crippen LogP contribution >= 0.6 is 11.6 Å². The molecule has 0 aliphatic carbocycles. The summed E-state index contributed by atoms with van der Waals surface area (Å²) in [6, 6.07) is 2.87. The Morgan fingerprint density at radius 1 is 1.33 bits per heavy atom. The molecule has 0 aromatic heterocycles. The first-order valence-corrected chi connectivity index (χ1v) is 7.88. The van der Waals surface area contributed by atoms with E-state index < -0.39 is 28.8 Å². The van der Waals surface area contributed by atoms with E-state index in [4.69, 9.17) is 17.3 Å². The van der Waals surface area contributed by atoms with Crippen LogP contribution in [0, 0.1) is 0 Å². The Bertz CT molecular complexity index is 603. The van der Waals surface area contributed by atoms with Crippen molar-refractivity contribution in [1.29, 1.82) is 0 Å². The first kappa shape index (κ1) is 18.2. The summed E-state index contributed by atoms with van der Waals surface area (Å²) in [5, 5.41) is 0.106. The summed E-state index contributed by atoms with van der Waals surface area (Å²) < 4.78 is 62.8. The Hall–Kier alpha value is -0.830. The first-order valence-electron chi connectivity index (χ1n) is 6.06. The Morgan fingerprint density at radius 2 is 1.90 bits per heavy atom. The molecule has 0 aliphatic heterocycles. The third-order valence-corrected chi connectivity index (χ3v) is 5.13. The number of rotatable bonds is 5. The summed E-state index contributed by atoms with van der Waals surface area (Å²) in [5.41, 5.74) is 5.92. The van der Waals surface area contributed by atoms with E-state index in [0.717, 1.165) is 6.07 Å². The summed E-state index contributed by atoms with van der Waals surface area (Å²) in [6.45, 7) is 1.30. The van der Waals surface area contributed by atoms with Gasteiger partial charge in [0.25, 0.3) is 0 Å². The monoisotopic (exact) mass is 344 g/mol. The second-order valence-electron chi connectivity index (χ2n) is 4.72. The number of nitrogens with zero attached hydrogens (tertiary/aromatic N) is 1. The molecule has 0 saturated heterocycles. The van der Waals surface area contributed by atoms with Crippen molar-refractivity contribution in [3.8, 4) is 0 Å². The highest BCUT2D eigenvalue weighted by molar-refractivity contribution is 7.89. The van der Waals surface area contributed by atoms with Gasteiger partial charge in [0.05, 0.1) is 4.90 Å². The van der Waals surface area contributed by atoms with Gasteiger partial charge in [-0.2, -0.15) is 17.5 Å². The topological polar surface area (TPSA) is 63.4 Å². The number of sulfonamides is 1. The van der Waals surface area contributed by atoms with Gasteiger partial charge in [-0.3, -0.25) is 0 Å². The molecule has 0 heterocycles. The van der Waals surface area contributed by atoms with Crippen molar-refractivity contribution in [2.45, 2.75) is 37.5 Å². The molecule has 4 nitrogen and oxygen atoms in total. The maximum absolute atomic E-state index is 12.6. The van der Waals surface area contributed by atoms with Crippen LogP contribution in [-0.2, 0) is 16.6 Å². The quantitative estimate of drug-likeness (QED) is 0.893. The van der Waals surface area contributed by atoms with Crippen molar-refractivity contribution in [2.75, 3.05) is 6.54 Å². The van der Waals surface area contributed by atoms with E-state index >= 15 is 0 Å². The molecule has 0 radical (unpaired) electrons. The third-order valence-electron chi connectivity index (χ3n) is 2.76. The summed E-state index contributed by atoms with van der Waals surface area (Å²) >= 11 is 5.87. The lowest BCUT2D eigenvalue weighted by Crippen LogP contribution is -2.43. The minimum atomic E-state index is -4.63. The van der Waals surface area contributed by atoms with Crippen molar-refractivity contribution in [1.82, 2.24) is 4.31 Å². The molecule has 1 rings (SSSR count). The molecular weight excluding hydrogens is 329 g/mol. The minimum Gasteiger partial charge on any atom is -0.326 e. The van der Waals surface area contributed by atoms with Gasteiger partial charge in [0.1, 0.15) is 6.54 Å². The first-order chi connectivity index (χ1) is 9.49. The van der Waals surface area contributed by atoms with Gasteiger partial charge in [-0.15, -0.1) is 0 Å². The molecule has 0 unspecified atom stereocenters. The van der Waals surface area contributed by atoms with Gasteiger partial charge in [-0.25, -0.2) is 8.42 Å². The second kappa shape index (κ2) is 6.51. The van der Waals surface area contributed by atoms with Gasteiger partial charge in [0.2, 0.25) is 10.0 Å². The molecule has 2 N–H and O–H groups in total. The Balaban J connectivity index is 3.26. The minimum absolute atomic E-state index is 0.106. The van der Waals surface area contributed by atoms with Crippen LogP contribution in [0.2, 0.25) is 5.02 Å². The average molecular weight is 345 g/mol. The molecule has 0 bridgehead atoms. The molecule has 21 heavy (non-hydrogen) atoms. The second-order valence-corrected chi connectivity index (χ2v) is 7.01. The lowest BCUT2D eigenvalue weighted by atomic mass is 10.2. The summed E-state index contributed by atoms with van der Waals surface area (Å²) in [4.78, 5) is -0.289. The predicted molar refractivity (Wildman–Crippen MR) is 74.4 cm³/mol. The predicted octanol–water partition coefficient (Wildman–Crippen LogP) is 2.76. The normalized spacial score (nSPS) is 13.2. The smallest absolute Gasteiger partial charge is 0.326 e. The molecule has 0 amide bonds. The summed E-state index contributed by atoms with van der Waals surface area (Å²) in [6.07, 6.45) is -4.63. The van der Waals surface area contributed by atoms with E-state index in [-0.39, 0.29) is 16.5 Å². The number of benzene rings is 1. The molecule has 1 aromatic carbocycles. The molecule has 0 atom stereocenters. The fraction of sp³-hybridized carbons (Fsp3) is 0.500. The van der Waals surface area contributed by atoms with Crippen LogP contribution in [0.25, 0.3) is 0 Å². The van der Waals surface area contributed by atoms with Crippen molar-refractivity contribution < 1.29 is 21.6 Å². The molecule has 9 heteroatoms. The third kappa shape index (κ3) is 4.57. The Morgan fingerprint density at radius 3 is 2.29 bits per heavy atom. The maximum atomic E-state index is 12.6. The summed E-state index contributed by atoms with van der Waals surface area (Å²) in [7, 11) is -4.29. The van der Waals surface area contributed by atoms with Gasteiger partial charge in [-0.05, 0) is 31.5 Å². The maximum Gasteiger partial charge on any atom is 0.402 e. The van der Waals surface area contributed by atoms with E-state index in [2.05, 4.69) is 0 Å². The van der Waals surface area contributed by atoms with Crippen LogP contribution in [0.4, 0.5) is 13.2 Å². The van der Waals surface area contributed by atoms with Gasteiger partial charge in [-0.1, -0.05) is 17.7 Å². The fourth-order valence-corrected chi connectivity index (χ4v) is 3.68. The fourth-order valence-electron chi connectivity index (χ4n) is 1.71. The number of hydrogen-bond donors (Lipinski definition) is 1. The van der Waals surface area contributed by atoms with Gasteiger partial charge in [0.15, 0.2) is 0 Å². The highest BCUT2D eigenvalue weighted by Gasteiger charge is 2.38. The van der Waals surface area contributed by atoms with Gasteiger partial charge < -0.3 is 5.73 Å². The van der Waals surface area contributed by atoms with E-state index in [9.17, 15) is 21.6 Å². The number of nitrogens with two attached hydrogens (primary N) is 1. The lowest BCUT2D eigenvalue weighted by molar-refractivity contribution is -0.138. The lowest BCUT2D eigenvalue weighted by Gasteiger charge is -2.27. The largest absolute Gasteiger partial charge is 0.402 e. The Labute approximate surface area is 126 Å². The van der Waals surface area contributed by atoms with E-state index in [1.165, 1.54) is 26.0 Å². The molecule has 1 aromatic rings. The number of hydrogen-bond acceptors (Lipinski definition) is 3. The number of alkyl halides is 3. The number of halogens is 4. The molecule has 120 valence electrons. The van der Waals surface area contributed by atoms with E-state index in [1.54, 1.807) is 0 Å². The van der Waals surface area contributed by atoms with Crippen LogP contribution in [0.5, 0.6) is 0 Å². The molecular formula is C12H16ClF3N2O2S. The standard InChI is InChI=1S/C12H16ClF3N2O2S/c1-8(2)18(7-12(14,15)16)21(19,20)10-4-3-9(6-17)11(13)5-10/h3-5,8H,6-7,17H2,1-2H3. The molecule has 0 saturated carbocycles.